The summed E-state index contributed by atoms with van der Waals surface area (Å²) in [5, 5.41) is 0. The predicted molar refractivity (Wildman–Crippen MR) is 90.5 cm³/mol. The molecular formula is C17H24N2O3S. The summed E-state index contributed by atoms with van der Waals surface area (Å²) < 4.78 is 23.2. The fraction of sp³-hybridized carbons (Fsp3) is 0.588. The van der Waals surface area contributed by atoms with Gasteiger partial charge in [-0.3, -0.25) is 9.69 Å². The highest BCUT2D eigenvalue weighted by Gasteiger charge is 2.34. The molecule has 1 aromatic rings. The second-order valence-corrected chi connectivity index (χ2v) is 8.91. The Morgan fingerprint density at radius 2 is 1.78 bits per heavy atom. The van der Waals surface area contributed by atoms with Gasteiger partial charge in [0.2, 0.25) is 0 Å². The van der Waals surface area contributed by atoms with Crippen LogP contribution in [0.2, 0.25) is 0 Å². The fourth-order valence-corrected chi connectivity index (χ4v) is 5.17. The first kappa shape index (κ1) is 16.5. The zero-order valence-electron chi connectivity index (χ0n) is 13.8. The van der Waals surface area contributed by atoms with Gasteiger partial charge in [-0.05, 0) is 43.5 Å². The zero-order chi connectivity index (χ0) is 16.6. The van der Waals surface area contributed by atoms with Gasteiger partial charge < -0.3 is 4.90 Å². The number of amides is 1. The van der Waals surface area contributed by atoms with Gasteiger partial charge in [0.05, 0.1) is 11.5 Å². The molecule has 0 aliphatic carbocycles. The molecule has 1 aromatic carbocycles. The summed E-state index contributed by atoms with van der Waals surface area (Å²) in [6, 6.07) is 5.97. The standard InChI is InChI=1S/C17H24N2O3S/c1-13-3-4-15(11-14(13)2)17(20)19-8-6-18(7-9-19)16-5-10-23(21,22)12-16/h3-4,11,16H,5-10,12H2,1-2H3. The molecule has 2 aliphatic heterocycles. The van der Waals surface area contributed by atoms with Crippen molar-refractivity contribution in [3.63, 3.8) is 0 Å². The molecule has 2 saturated heterocycles. The molecule has 0 radical (unpaired) electrons. The van der Waals surface area contributed by atoms with Crippen LogP contribution in [0.1, 0.15) is 27.9 Å². The minimum absolute atomic E-state index is 0.0757. The molecule has 0 spiro atoms. The Bertz CT molecular complexity index is 707. The van der Waals surface area contributed by atoms with Gasteiger partial charge in [0.1, 0.15) is 0 Å². The number of aryl methyl sites for hydroxylation is 2. The van der Waals surface area contributed by atoms with Gasteiger partial charge in [0.25, 0.3) is 5.91 Å². The largest absolute Gasteiger partial charge is 0.336 e. The molecule has 3 rings (SSSR count). The maximum Gasteiger partial charge on any atom is 0.253 e. The minimum atomic E-state index is -2.85. The Kier molecular flexibility index (Phi) is 4.47. The third kappa shape index (κ3) is 3.58. The highest BCUT2D eigenvalue weighted by Crippen LogP contribution is 2.20. The molecule has 0 N–H and O–H groups in total. The Hall–Kier alpha value is -1.40. The van der Waals surface area contributed by atoms with Crippen molar-refractivity contribution in [1.82, 2.24) is 9.80 Å². The molecule has 0 aromatic heterocycles. The van der Waals surface area contributed by atoms with Crippen molar-refractivity contribution in [3.8, 4) is 0 Å². The maximum atomic E-state index is 12.6. The molecule has 23 heavy (non-hydrogen) atoms. The summed E-state index contributed by atoms with van der Waals surface area (Å²) in [6.07, 6.45) is 0.730. The number of carbonyl (C=O) groups is 1. The third-order valence-corrected chi connectivity index (χ3v) is 6.83. The van der Waals surface area contributed by atoms with Gasteiger partial charge in [-0.25, -0.2) is 8.42 Å². The number of piperazine rings is 1. The van der Waals surface area contributed by atoms with Crippen molar-refractivity contribution in [2.24, 2.45) is 0 Å². The van der Waals surface area contributed by atoms with Crippen LogP contribution in [0.15, 0.2) is 18.2 Å². The number of hydrogen-bond acceptors (Lipinski definition) is 4. The number of carbonyl (C=O) groups excluding carboxylic acids is 1. The monoisotopic (exact) mass is 336 g/mol. The summed E-state index contributed by atoms with van der Waals surface area (Å²) in [5.41, 5.74) is 3.06. The van der Waals surface area contributed by atoms with Gasteiger partial charge in [0, 0.05) is 37.8 Å². The molecule has 6 heteroatoms. The van der Waals surface area contributed by atoms with E-state index < -0.39 is 9.84 Å². The zero-order valence-corrected chi connectivity index (χ0v) is 14.6. The van der Waals surface area contributed by atoms with E-state index in [9.17, 15) is 13.2 Å². The third-order valence-electron chi connectivity index (χ3n) is 5.08. The Morgan fingerprint density at radius 3 is 2.35 bits per heavy atom. The van der Waals surface area contributed by atoms with E-state index in [1.54, 1.807) is 0 Å². The van der Waals surface area contributed by atoms with Crippen molar-refractivity contribution in [2.75, 3.05) is 37.7 Å². The van der Waals surface area contributed by atoms with Crippen LogP contribution < -0.4 is 0 Å². The van der Waals surface area contributed by atoms with E-state index in [2.05, 4.69) is 4.90 Å². The van der Waals surface area contributed by atoms with E-state index >= 15 is 0 Å². The van der Waals surface area contributed by atoms with Crippen molar-refractivity contribution >= 4 is 15.7 Å². The number of rotatable bonds is 2. The van der Waals surface area contributed by atoms with Gasteiger partial charge in [-0.1, -0.05) is 6.07 Å². The summed E-state index contributed by atoms with van der Waals surface area (Å²) in [7, 11) is -2.85. The van der Waals surface area contributed by atoms with Crippen LogP contribution in [0.25, 0.3) is 0 Å². The number of hydrogen-bond donors (Lipinski definition) is 0. The smallest absolute Gasteiger partial charge is 0.253 e. The second kappa shape index (κ2) is 6.24. The van der Waals surface area contributed by atoms with E-state index in [-0.39, 0.29) is 17.7 Å². The Balaban J connectivity index is 1.60. The molecular weight excluding hydrogens is 312 g/mol. The number of benzene rings is 1. The lowest BCUT2D eigenvalue weighted by Crippen LogP contribution is -2.52. The molecule has 0 bridgehead atoms. The molecule has 2 heterocycles. The fourth-order valence-electron chi connectivity index (χ4n) is 3.41. The molecule has 1 atom stereocenters. The van der Waals surface area contributed by atoms with E-state index in [1.165, 1.54) is 5.56 Å². The predicted octanol–water partition coefficient (Wildman–Crippen LogP) is 1.25. The average molecular weight is 336 g/mol. The van der Waals surface area contributed by atoms with E-state index in [0.717, 1.165) is 30.6 Å². The normalized spacial score (nSPS) is 24.8. The van der Waals surface area contributed by atoms with Gasteiger partial charge in [0.15, 0.2) is 9.84 Å². The van der Waals surface area contributed by atoms with Crippen LogP contribution in [-0.4, -0.2) is 67.9 Å². The molecule has 5 nitrogen and oxygen atoms in total. The van der Waals surface area contributed by atoms with Crippen LogP contribution in [0, 0.1) is 13.8 Å². The highest BCUT2D eigenvalue weighted by atomic mass is 32.2. The first-order chi connectivity index (χ1) is 10.9. The number of nitrogens with zero attached hydrogens (tertiary/aromatic N) is 2. The van der Waals surface area contributed by atoms with Crippen LogP contribution in [-0.2, 0) is 9.84 Å². The average Bonchev–Trinajstić information content (AvgIpc) is 2.89. The van der Waals surface area contributed by atoms with Crippen LogP contribution in [0.4, 0.5) is 0 Å². The SMILES string of the molecule is Cc1ccc(C(=O)N2CCN(C3CCS(=O)(=O)C3)CC2)cc1C. The van der Waals surface area contributed by atoms with E-state index in [1.807, 2.05) is 36.9 Å². The first-order valence-corrected chi connectivity index (χ1v) is 9.99. The molecule has 126 valence electrons. The topological polar surface area (TPSA) is 57.7 Å². The van der Waals surface area contributed by atoms with Gasteiger partial charge >= 0.3 is 0 Å². The molecule has 2 aliphatic rings. The lowest BCUT2D eigenvalue weighted by molar-refractivity contribution is 0.0587. The van der Waals surface area contributed by atoms with Crippen LogP contribution >= 0.6 is 0 Å². The van der Waals surface area contributed by atoms with Gasteiger partial charge in [-0.2, -0.15) is 0 Å². The Morgan fingerprint density at radius 1 is 1.09 bits per heavy atom. The summed E-state index contributed by atoms with van der Waals surface area (Å²) >= 11 is 0. The van der Waals surface area contributed by atoms with Crippen molar-refractivity contribution < 1.29 is 13.2 Å². The molecule has 1 unspecified atom stereocenters. The lowest BCUT2D eigenvalue weighted by atomic mass is 10.1. The lowest BCUT2D eigenvalue weighted by Gasteiger charge is -2.37. The number of sulfone groups is 1. The Labute approximate surface area is 138 Å². The maximum absolute atomic E-state index is 12.6. The van der Waals surface area contributed by atoms with Crippen LogP contribution in [0.3, 0.4) is 0 Å². The van der Waals surface area contributed by atoms with Crippen molar-refractivity contribution in [1.29, 1.82) is 0 Å². The van der Waals surface area contributed by atoms with E-state index in [0.29, 0.717) is 18.8 Å². The minimum Gasteiger partial charge on any atom is -0.336 e. The molecule has 1 amide bonds. The van der Waals surface area contributed by atoms with Gasteiger partial charge in [-0.15, -0.1) is 0 Å². The van der Waals surface area contributed by atoms with Crippen molar-refractivity contribution in [2.45, 2.75) is 26.3 Å². The highest BCUT2D eigenvalue weighted by molar-refractivity contribution is 7.91. The first-order valence-electron chi connectivity index (χ1n) is 8.17. The molecule has 2 fully saturated rings. The second-order valence-electron chi connectivity index (χ2n) is 6.68. The quantitative estimate of drug-likeness (QED) is 0.816. The van der Waals surface area contributed by atoms with E-state index in [4.69, 9.17) is 0 Å². The summed E-state index contributed by atoms with van der Waals surface area (Å²) in [6.45, 7) is 6.92. The molecule has 0 saturated carbocycles. The summed E-state index contributed by atoms with van der Waals surface area (Å²) in [4.78, 5) is 16.7. The summed E-state index contributed by atoms with van der Waals surface area (Å²) in [5.74, 6) is 0.657. The van der Waals surface area contributed by atoms with Crippen LogP contribution in [0.5, 0.6) is 0 Å². The van der Waals surface area contributed by atoms with Crippen molar-refractivity contribution in [3.05, 3.63) is 34.9 Å².